The lowest BCUT2D eigenvalue weighted by atomic mass is 10.0. The van der Waals surface area contributed by atoms with Gasteiger partial charge in [0, 0.05) is 25.0 Å². The lowest BCUT2D eigenvalue weighted by Gasteiger charge is -2.28. The van der Waals surface area contributed by atoms with E-state index in [0.717, 1.165) is 19.3 Å². The predicted octanol–water partition coefficient (Wildman–Crippen LogP) is 1.83. The lowest BCUT2D eigenvalue weighted by molar-refractivity contribution is -0.138. The fourth-order valence-electron chi connectivity index (χ4n) is 3.05. The van der Waals surface area contributed by atoms with E-state index in [9.17, 15) is 9.59 Å². The highest BCUT2D eigenvalue weighted by molar-refractivity contribution is 5.75. The standard InChI is InChI=1S/C13H22N2O3/c1-13(5-2-3-6-13)14-12(18)15-7-4-10(9-15)8-11(16)17/h10H,2-9H2,1H3,(H,14,18)(H,16,17). The molecule has 2 N–H and O–H groups in total. The second kappa shape index (κ2) is 5.16. The van der Waals surface area contributed by atoms with Crippen molar-refractivity contribution in [2.45, 2.75) is 51.0 Å². The zero-order valence-electron chi connectivity index (χ0n) is 10.9. The third-order valence-corrected chi connectivity index (χ3v) is 4.15. The second-order valence-electron chi connectivity index (χ2n) is 5.90. The Hall–Kier alpha value is -1.26. The molecular formula is C13H22N2O3. The van der Waals surface area contributed by atoms with E-state index < -0.39 is 5.97 Å². The molecule has 1 saturated heterocycles. The van der Waals surface area contributed by atoms with E-state index in [1.165, 1.54) is 12.8 Å². The molecule has 2 amide bonds. The van der Waals surface area contributed by atoms with Crippen molar-refractivity contribution in [3.05, 3.63) is 0 Å². The first kappa shape index (κ1) is 13.2. The molecule has 0 radical (unpaired) electrons. The van der Waals surface area contributed by atoms with Gasteiger partial charge in [0.1, 0.15) is 0 Å². The fraction of sp³-hybridized carbons (Fsp3) is 0.846. The average molecular weight is 254 g/mol. The fourth-order valence-corrected chi connectivity index (χ4v) is 3.05. The number of carbonyl (C=O) groups excluding carboxylic acids is 1. The van der Waals surface area contributed by atoms with Crippen molar-refractivity contribution < 1.29 is 14.7 Å². The normalized spacial score (nSPS) is 26.3. The summed E-state index contributed by atoms with van der Waals surface area (Å²) >= 11 is 0. The Bertz CT molecular complexity index is 337. The van der Waals surface area contributed by atoms with Crippen LogP contribution in [0.5, 0.6) is 0 Å². The summed E-state index contributed by atoms with van der Waals surface area (Å²) in [7, 11) is 0. The maximum atomic E-state index is 12.1. The molecule has 2 fully saturated rings. The first-order valence-corrected chi connectivity index (χ1v) is 6.77. The van der Waals surface area contributed by atoms with E-state index in [2.05, 4.69) is 12.2 Å². The van der Waals surface area contributed by atoms with Gasteiger partial charge in [-0.25, -0.2) is 4.79 Å². The number of nitrogens with one attached hydrogen (secondary N) is 1. The van der Waals surface area contributed by atoms with Gasteiger partial charge in [0.2, 0.25) is 0 Å². The van der Waals surface area contributed by atoms with Crippen molar-refractivity contribution in [3.63, 3.8) is 0 Å². The topological polar surface area (TPSA) is 69.6 Å². The number of carbonyl (C=O) groups is 2. The molecule has 2 aliphatic rings. The number of nitrogens with zero attached hydrogens (tertiary/aromatic N) is 1. The number of aliphatic carboxylic acids is 1. The summed E-state index contributed by atoms with van der Waals surface area (Å²) in [5.74, 6) is -0.658. The van der Waals surface area contributed by atoms with E-state index in [4.69, 9.17) is 5.11 Å². The van der Waals surface area contributed by atoms with Crippen LogP contribution in [0.25, 0.3) is 0 Å². The maximum Gasteiger partial charge on any atom is 0.317 e. The minimum Gasteiger partial charge on any atom is -0.481 e. The highest BCUT2D eigenvalue weighted by Crippen LogP contribution is 2.29. The molecule has 1 heterocycles. The van der Waals surface area contributed by atoms with E-state index in [1.54, 1.807) is 4.90 Å². The van der Waals surface area contributed by atoms with Crippen LogP contribution >= 0.6 is 0 Å². The van der Waals surface area contributed by atoms with Gasteiger partial charge in [-0.15, -0.1) is 0 Å². The van der Waals surface area contributed by atoms with Crippen molar-refractivity contribution in [2.24, 2.45) is 5.92 Å². The quantitative estimate of drug-likeness (QED) is 0.807. The molecule has 18 heavy (non-hydrogen) atoms. The van der Waals surface area contributed by atoms with Crippen LogP contribution in [0.15, 0.2) is 0 Å². The van der Waals surface area contributed by atoms with Gasteiger partial charge in [-0.2, -0.15) is 0 Å². The highest BCUT2D eigenvalue weighted by atomic mass is 16.4. The smallest absolute Gasteiger partial charge is 0.317 e. The Balaban J connectivity index is 1.82. The molecule has 0 bridgehead atoms. The Morgan fingerprint density at radius 1 is 1.39 bits per heavy atom. The van der Waals surface area contributed by atoms with E-state index in [-0.39, 0.29) is 23.9 Å². The largest absolute Gasteiger partial charge is 0.481 e. The third kappa shape index (κ3) is 3.15. The summed E-state index contributed by atoms with van der Waals surface area (Å²) in [6.07, 6.45) is 5.42. The third-order valence-electron chi connectivity index (χ3n) is 4.15. The summed E-state index contributed by atoms with van der Waals surface area (Å²) in [4.78, 5) is 24.5. The Morgan fingerprint density at radius 3 is 2.67 bits per heavy atom. The van der Waals surface area contributed by atoms with Gasteiger partial charge in [0.05, 0.1) is 0 Å². The second-order valence-corrected chi connectivity index (χ2v) is 5.90. The van der Waals surface area contributed by atoms with Crippen molar-refractivity contribution in [2.75, 3.05) is 13.1 Å². The van der Waals surface area contributed by atoms with Gasteiger partial charge in [0.25, 0.3) is 0 Å². The van der Waals surface area contributed by atoms with Crippen molar-refractivity contribution in [1.29, 1.82) is 0 Å². The molecule has 0 aromatic rings. The van der Waals surface area contributed by atoms with Gasteiger partial charge in [-0.3, -0.25) is 4.79 Å². The summed E-state index contributed by atoms with van der Waals surface area (Å²) in [5, 5.41) is 11.9. The number of rotatable bonds is 3. The Labute approximate surface area is 108 Å². The molecule has 0 aromatic heterocycles. The van der Waals surface area contributed by atoms with Gasteiger partial charge in [-0.05, 0) is 32.1 Å². The molecule has 5 heteroatoms. The lowest BCUT2D eigenvalue weighted by Crippen LogP contribution is -2.49. The molecule has 0 aromatic carbocycles. The first-order valence-electron chi connectivity index (χ1n) is 6.77. The van der Waals surface area contributed by atoms with Crippen LogP contribution in [0.3, 0.4) is 0 Å². The van der Waals surface area contributed by atoms with Crippen LogP contribution < -0.4 is 5.32 Å². The van der Waals surface area contributed by atoms with Crippen LogP contribution in [0.2, 0.25) is 0 Å². The number of carboxylic acid groups (broad SMARTS) is 1. The zero-order chi connectivity index (χ0) is 13.2. The summed E-state index contributed by atoms with van der Waals surface area (Å²) in [6, 6.07) is -0.0210. The number of carboxylic acids is 1. The van der Waals surface area contributed by atoms with Gasteiger partial charge in [-0.1, -0.05) is 12.8 Å². The van der Waals surface area contributed by atoms with Crippen LogP contribution in [-0.2, 0) is 4.79 Å². The molecule has 2 rings (SSSR count). The van der Waals surface area contributed by atoms with Crippen LogP contribution in [0.4, 0.5) is 4.79 Å². The van der Waals surface area contributed by atoms with Crippen LogP contribution in [0, 0.1) is 5.92 Å². The van der Waals surface area contributed by atoms with Crippen LogP contribution in [-0.4, -0.2) is 40.6 Å². The molecule has 1 saturated carbocycles. The Morgan fingerprint density at radius 2 is 2.06 bits per heavy atom. The zero-order valence-corrected chi connectivity index (χ0v) is 10.9. The monoisotopic (exact) mass is 254 g/mol. The number of likely N-dealkylation sites (tertiary alicyclic amines) is 1. The number of amides is 2. The van der Waals surface area contributed by atoms with Crippen LogP contribution in [0.1, 0.15) is 45.4 Å². The Kier molecular flexibility index (Phi) is 3.78. The summed E-state index contributed by atoms with van der Waals surface area (Å²) in [6.45, 7) is 3.36. The van der Waals surface area contributed by atoms with Crippen molar-refractivity contribution in [3.8, 4) is 0 Å². The summed E-state index contributed by atoms with van der Waals surface area (Å²) < 4.78 is 0. The molecule has 1 atom stereocenters. The maximum absolute atomic E-state index is 12.1. The minimum atomic E-state index is -0.773. The predicted molar refractivity (Wildman–Crippen MR) is 67.3 cm³/mol. The van der Waals surface area contributed by atoms with Gasteiger partial charge >= 0.3 is 12.0 Å². The van der Waals surface area contributed by atoms with E-state index in [1.807, 2.05) is 0 Å². The van der Waals surface area contributed by atoms with Gasteiger partial charge < -0.3 is 15.3 Å². The molecule has 0 spiro atoms. The van der Waals surface area contributed by atoms with Gasteiger partial charge in [0.15, 0.2) is 0 Å². The molecule has 1 aliphatic carbocycles. The minimum absolute atomic E-state index is 0.0210. The molecule has 5 nitrogen and oxygen atoms in total. The van der Waals surface area contributed by atoms with Crippen molar-refractivity contribution >= 4 is 12.0 Å². The molecule has 1 unspecified atom stereocenters. The van der Waals surface area contributed by atoms with E-state index >= 15 is 0 Å². The highest BCUT2D eigenvalue weighted by Gasteiger charge is 2.34. The molecule has 1 aliphatic heterocycles. The summed E-state index contributed by atoms with van der Waals surface area (Å²) in [5.41, 5.74) is -0.0536. The SMILES string of the molecule is CC1(NC(=O)N2CCC(CC(=O)O)C2)CCCC1. The number of hydrogen-bond donors (Lipinski definition) is 2. The van der Waals surface area contributed by atoms with E-state index in [0.29, 0.717) is 13.1 Å². The number of hydrogen-bond acceptors (Lipinski definition) is 2. The number of urea groups is 1. The average Bonchev–Trinajstić information content (AvgIpc) is 2.87. The first-order chi connectivity index (χ1) is 8.48. The molecular weight excluding hydrogens is 232 g/mol. The molecule has 102 valence electrons. The van der Waals surface area contributed by atoms with Crippen molar-refractivity contribution in [1.82, 2.24) is 10.2 Å².